The summed E-state index contributed by atoms with van der Waals surface area (Å²) >= 11 is 0.857. The van der Waals surface area contributed by atoms with Gasteiger partial charge < -0.3 is 10.1 Å². The Kier molecular flexibility index (Phi) is 5.77. The zero-order valence-electron chi connectivity index (χ0n) is 14.5. The number of nitro groups is 1. The highest BCUT2D eigenvalue weighted by atomic mass is 32.1. The van der Waals surface area contributed by atoms with Crippen LogP contribution >= 0.6 is 11.3 Å². The minimum absolute atomic E-state index is 0.0529. The molecule has 2 heterocycles. The number of benzene rings is 1. The quantitative estimate of drug-likeness (QED) is 0.489. The Morgan fingerprint density at radius 1 is 1.26 bits per heavy atom. The van der Waals surface area contributed by atoms with Crippen LogP contribution in [0.3, 0.4) is 0 Å². The van der Waals surface area contributed by atoms with Gasteiger partial charge in [-0.25, -0.2) is 0 Å². The minimum Gasteiger partial charge on any atom is -0.489 e. The maximum atomic E-state index is 12.2. The molecule has 3 aromatic rings. The van der Waals surface area contributed by atoms with Gasteiger partial charge in [-0.1, -0.05) is 29.5 Å². The molecule has 0 spiro atoms. The lowest BCUT2D eigenvalue weighted by molar-refractivity contribution is -0.380. The van der Waals surface area contributed by atoms with Crippen molar-refractivity contribution in [2.75, 3.05) is 0 Å². The Morgan fingerprint density at radius 2 is 2.04 bits per heavy atom. The molecule has 0 aliphatic carbocycles. The zero-order valence-corrected chi connectivity index (χ0v) is 15.3. The first-order chi connectivity index (χ1) is 13.0. The average Bonchev–Trinajstić information content (AvgIpc) is 3.18. The Bertz CT molecular complexity index is 926. The summed E-state index contributed by atoms with van der Waals surface area (Å²) in [5.74, 6) is 0.382. The van der Waals surface area contributed by atoms with Crippen LogP contribution in [0, 0.1) is 10.1 Å². The Balaban J connectivity index is 1.57. The van der Waals surface area contributed by atoms with Crippen molar-refractivity contribution in [3.8, 4) is 5.75 Å². The molecule has 27 heavy (non-hydrogen) atoms. The molecule has 1 N–H and O–H groups in total. The molecule has 0 aliphatic rings. The van der Waals surface area contributed by atoms with E-state index < -0.39 is 4.92 Å². The molecule has 0 aliphatic heterocycles. The predicted molar refractivity (Wildman–Crippen MR) is 102 cm³/mol. The maximum absolute atomic E-state index is 12.2. The van der Waals surface area contributed by atoms with E-state index in [0.717, 1.165) is 28.2 Å². The summed E-state index contributed by atoms with van der Waals surface area (Å²) in [6, 6.07) is 13.8. The second-order valence-electron chi connectivity index (χ2n) is 5.81. The van der Waals surface area contributed by atoms with E-state index in [9.17, 15) is 14.9 Å². The highest BCUT2D eigenvalue weighted by Crippen LogP contribution is 2.25. The topological polar surface area (TPSA) is 94.4 Å². The van der Waals surface area contributed by atoms with Crippen molar-refractivity contribution >= 4 is 22.2 Å². The fourth-order valence-electron chi connectivity index (χ4n) is 2.40. The minimum atomic E-state index is -0.505. The van der Waals surface area contributed by atoms with E-state index >= 15 is 0 Å². The number of nitrogens with zero attached hydrogens (tertiary/aromatic N) is 2. The molecular weight excluding hydrogens is 366 g/mol. The van der Waals surface area contributed by atoms with E-state index in [2.05, 4.69) is 10.3 Å². The van der Waals surface area contributed by atoms with Gasteiger partial charge in [-0.2, -0.15) is 0 Å². The smallest absolute Gasteiger partial charge is 0.324 e. The lowest BCUT2D eigenvalue weighted by Gasteiger charge is -2.14. The number of hydrogen-bond donors (Lipinski definition) is 1. The van der Waals surface area contributed by atoms with E-state index in [1.165, 1.54) is 12.1 Å². The van der Waals surface area contributed by atoms with Crippen molar-refractivity contribution < 1.29 is 14.5 Å². The largest absolute Gasteiger partial charge is 0.489 e. The van der Waals surface area contributed by atoms with Crippen LogP contribution in [-0.2, 0) is 6.61 Å². The normalized spacial score (nSPS) is 11.6. The van der Waals surface area contributed by atoms with Crippen molar-refractivity contribution in [1.29, 1.82) is 0 Å². The molecule has 0 radical (unpaired) electrons. The molecule has 1 unspecified atom stereocenters. The highest BCUT2D eigenvalue weighted by Gasteiger charge is 2.17. The van der Waals surface area contributed by atoms with Crippen LogP contribution < -0.4 is 10.1 Å². The van der Waals surface area contributed by atoms with Crippen molar-refractivity contribution in [3.63, 3.8) is 0 Å². The van der Waals surface area contributed by atoms with E-state index in [-0.39, 0.29) is 17.0 Å². The van der Waals surface area contributed by atoms with Gasteiger partial charge in [0, 0.05) is 24.0 Å². The van der Waals surface area contributed by atoms with E-state index in [1.54, 1.807) is 12.4 Å². The van der Waals surface area contributed by atoms with Gasteiger partial charge in [-0.3, -0.25) is 19.9 Å². The highest BCUT2D eigenvalue weighted by molar-refractivity contribution is 7.17. The third-order valence-corrected chi connectivity index (χ3v) is 4.89. The molecule has 0 saturated heterocycles. The molecular formula is C19H17N3O4S. The number of nitrogens with one attached hydrogen (secondary N) is 1. The summed E-state index contributed by atoms with van der Waals surface area (Å²) in [7, 11) is 0. The third kappa shape index (κ3) is 4.89. The van der Waals surface area contributed by atoms with Crippen LogP contribution in [0.25, 0.3) is 0 Å². The molecule has 0 saturated carbocycles. The second-order valence-corrected chi connectivity index (χ2v) is 6.87. The summed E-state index contributed by atoms with van der Waals surface area (Å²) in [5.41, 5.74) is 1.88. The van der Waals surface area contributed by atoms with Gasteiger partial charge in [-0.05, 0) is 36.8 Å². The van der Waals surface area contributed by atoms with Crippen LogP contribution in [0.2, 0.25) is 0 Å². The van der Waals surface area contributed by atoms with Crippen LogP contribution in [-0.4, -0.2) is 15.8 Å². The number of ether oxygens (including phenoxy) is 1. The number of aromatic nitrogens is 1. The van der Waals surface area contributed by atoms with Crippen LogP contribution in [0.1, 0.15) is 33.8 Å². The van der Waals surface area contributed by atoms with E-state index in [4.69, 9.17) is 4.74 Å². The lowest BCUT2D eigenvalue weighted by atomic mass is 10.1. The van der Waals surface area contributed by atoms with Gasteiger partial charge in [0.15, 0.2) is 0 Å². The third-order valence-electron chi connectivity index (χ3n) is 3.85. The molecule has 3 rings (SSSR count). The van der Waals surface area contributed by atoms with Gasteiger partial charge >= 0.3 is 5.00 Å². The van der Waals surface area contributed by atoms with Gasteiger partial charge in [0.05, 0.1) is 15.8 Å². The maximum Gasteiger partial charge on any atom is 0.324 e. The number of pyridine rings is 1. The fourth-order valence-corrected chi connectivity index (χ4v) is 3.13. The summed E-state index contributed by atoms with van der Waals surface area (Å²) in [6.07, 6.45) is 3.46. The SMILES string of the molecule is CC(NC(=O)c1ccc([N+](=O)[O-])s1)c1ccc(OCc2cccnc2)cc1. The average molecular weight is 383 g/mol. The number of hydrogen-bond acceptors (Lipinski definition) is 6. The van der Waals surface area contributed by atoms with Crippen molar-refractivity contribution in [1.82, 2.24) is 10.3 Å². The molecule has 1 aromatic carbocycles. The molecule has 0 bridgehead atoms. The molecule has 7 nitrogen and oxygen atoms in total. The molecule has 8 heteroatoms. The number of rotatable bonds is 7. The number of amides is 1. The molecule has 2 aromatic heterocycles. The lowest BCUT2D eigenvalue weighted by Crippen LogP contribution is -2.25. The molecule has 1 atom stereocenters. The Hall–Kier alpha value is -3.26. The number of carbonyl (C=O) groups excluding carboxylic acids is 1. The van der Waals surface area contributed by atoms with E-state index in [0.29, 0.717) is 11.5 Å². The number of thiophene rings is 1. The molecule has 138 valence electrons. The molecule has 1 amide bonds. The first kappa shape index (κ1) is 18.5. The van der Waals surface area contributed by atoms with Gasteiger partial charge in [0.25, 0.3) is 5.91 Å². The molecule has 0 fully saturated rings. The monoisotopic (exact) mass is 383 g/mol. The fraction of sp³-hybridized carbons (Fsp3) is 0.158. The number of carbonyl (C=O) groups is 1. The first-order valence-corrected chi connectivity index (χ1v) is 9.01. The van der Waals surface area contributed by atoms with Crippen molar-refractivity contribution in [2.45, 2.75) is 19.6 Å². The van der Waals surface area contributed by atoms with Crippen LogP contribution in [0.15, 0.2) is 60.9 Å². The summed E-state index contributed by atoms with van der Waals surface area (Å²) < 4.78 is 5.71. The Morgan fingerprint density at radius 3 is 2.67 bits per heavy atom. The zero-order chi connectivity index (χ0) is 19.2. The van der Waals surface area contributed by atoms with Crippen LogP contribution in [0.5, 0.6) is 5.75 Å². The summed E-state index contributed by atoms with van der Waals surface area (Å²) in [6.45, 7) is 2.28. The summed E-state index contributed by atoms with van der Waals surface area (Å²) in [5, 5.41) is 13.5. The summed E-state index contributed by atoms with van der Waals surface area (Å²) in [4.78, 5) is 26.8. The second kappa shape index (κ2) is 8.41. The first-order valence-electron chi connectivity index (χ1n) is 8.19. The van der Waals surface area contributed by atoms with E-state index in [1.807, 2.05) is 43.3 Å². The van der Waals surface area contributed by atoms with Crippen LogP contribution in [0.4, 0.5) is 5.00 Å². The van der Waals surface area contributed by atoms with Gasteiger partial charge in [0.2, 0.25) is 0 Å². The Labute approximate surface area is 159 Å². The van der Waals surface area contributed by atoms with Crippen molar-refractivity contribution in [3.05, 3.63) is 87.0 Å². The van der Waals surface area contributed by atoms with Gasteiger partial charge in [-0.15, -0.1) is 0 Å². The van der Waals surface area contributed by atoms with Gasteiger partial charge in [0.1, 0.15) is 12.4 Å². The van der Waals surface area contributed by atoms with Crippen molar-refractivity contribution in [2.24, 2.45) is 0 Å². The standard InChI is InChI=1S/C19H17N3O4S/c1-13(21-19(23)17-8-9-18(27-17)22(24)25)15-4-6-16(7-5-15)26-12-14-3-2-10-20-11-14/h2-11,13H,12H2,1H3,(H,21,23). The predicted octanol–water partition coefficient (Wildman–Crippen LogP) is 4.12.